The Hall–Kier alpha value is -2.40. The molecule has 0 amide bonds. The number of nitrogens with zero attached hydrogens (tertiary/aromatic N) is 2. The molecule has 2 rings (SSSR count). The summed E-state index contributed by atoms with van der Waals surface area (Å²) in [7, 11) is 0. The van der Waals surface area contributed by atoms with Gasteiger partial charge in [-0.3, -0.25) is 4.98 Å². The van der Waals surface area contributed by atoms with Crippen LogP contribution in [0.15, 0.2) is 48.7 Å². The summed E-state index contributed by atoms with van der Waals surface area (Å²) in [4.78, 5) is 4.16. The summed E-state index contributed by atoms with van der Waals surface area (Å²) in [5.74, 6) is 0. The van der Waals surface area contributed by atoms with E-state index >= 15 is 0 Å². The van der Waals surface area contributed by atoms with Gasteiger partial charge in [-0.15, -0.1) is 0 Å². The summed E-state index contributed by atoms with van der Waals surface area (Å²) in [6, 6.07) is 15.6. The van der Waals surface area contributed by atoms with Crippen molar-refractivity contribution in [2.75, 3.05) is 0 Å². The summed E-state index contributed by atoms with van der Waals surface area (Å²) >= 11 is 0. The molecule has 0 bridgehead atoms. The van der Waals surface area contributed by atoms with Gasteiger partial charge in [0, 0.05) is 6.20 Å². The van der Waals surface area contributed by atoms with Crippen LogP contribution in [0, 0.1) is 11.3 Å². The lowest BCUT2D eigenvalue weighted by Gasteiger charge is -1.95. The topological polar surface area (TPSA) is 36.7 Å². The standard InChI is InChI=1S/C14H10N2/c15-11-13-7-4-10-16-14(13)9-8-12-5-2-1-3-6-12/h1-10H. The van der Waals surface area contributed by atoms with Crippen LogP contribution in [0.2, 0.25) is 0 Å². The van der Waals surface area contributed by atoms with E-state index in [-0.39, 0.29) is 0 Å². The molecule has 2 heteroatoms. The molecule has 16 heavy (non-hydrogen) atoms. The smallest absolute Gasteiger partial charge is 0.101 e. The molecule has 0 aliphatic rings. The van der Waals surface area contributed by atoms with Gasteiger partial charge in [-0.25, -0.2) is 0 Å². The van der Waals surface area contributed by atoms with Gasteiger partial charge in [-0.2, -0.15) is 5.26 Å². The van der Waals surface area contributed by atoms with Crippen molar-refractivity contribution < 1.29 is 0 Å². The average Bonchev–Trinajstić information content (AvgIpc) is 2.38. The van der Waals surface area contributed by atoms with Crippen molar-refractivity contribution in [3.8, 4) is 6.07 Å². The summed E-state index contributed by atoms with van der Waals surface area (Å²) in [5, 5.41) is 8.89. The van der Waals surface area contributed by atoms with Crippen molar-refractivity contribution in [3.63, 3.8) is 0 Å². The Morgan fingerprint density at radius 3 is 2.56 bits per heavy atom. The Balaban J connectivity index is 2.28. The normalized spacial score (nSPS) is 10.2. The molecule has 0 fully saturated rings. The molecule has 1 aromatic heterocycles. The summed E-state index contributed by atoms with van der Waals surface area (Å²) in [6.45, 7) is 0. The average molecular weight is 206 g/mol. The van der Waals surface area contributed by atoms with Crippen LogP contribution in [-0.4, -0.2) is 4.98 Å². The number of hydrogen-bond acceptors (Lipinski definition) is 2. The number of aromatic nitrogens is 1. The third kappa shape index (κ3) is 2.34. The molecule has 0 spiro atoms. The van der Waals surface area contributed by atoms with E-state index in [0.717, 1.165) is 5.56 Å². The van der Waals surface area contributed by atoms with Crippen molar-refractivity contribution >= 4 is 12.2 Å². The first-order chi connectivity index (χ1) is 7.90. The quantitative estimate of drug-likeness (QED) is 0.756. The number of pyridine rings is 1. The fraction of sp³-hybridized carbons (Fsp3) is 0. The molecule has 0 unspecified atom stereocenters. The van der Waals surface area contributed by atoms with E-state index in [0.29, 0.717) is 11.3 Å². The maximum atomic E-state index is 8.89. The van der Waals surface area contributed by atoms with Gasteiger partial charge in [-0.1, -0.05) is 36.4 Å². The van der Waals surface area contributed by atoms with Gasteiger partial charge in [0.15, 0.2) is 0 Å². The second kappa shape index (κ2) is 4.90. The molecule has 0 N–H and O–H groups in total. The van der Waals surface area contributed by atoms with E-state index in [2.05, 4.69) is 11.1 Å². The minimum atomic E-state index is 0.592. The van der Waals surface area contributed by atoms with Crippen molar-refractivity contribution in [2.24, 2.45) is 0 Å². The van der Waals surface area contributed by atoms with Gasteiger partial charge in [0.2, 0.25) is 0 Å². The number of nitriles is 1. The van der Waals surface area contributed by atoms with Crippen LogP contribution in [0.25, 0.3) is 12.2 Å². The van der Waals surface area contributed by atoms with Gasteiger partial charge in [0.25, 0.3) is 0 Å². The third-order valence-electron chi connectivity index (χ3n) is 2.19. The second-order valence-electron chi connectivity index (χ2n) is 3.29. The van der Waals surface area contributed by atoms with Crippen molar-refractivity contribution in [2.45, 2.75) is 0 Å². The zero-order valence-electron chi connectivity index (χ0n) is 8.67. The highest BCUT2D eigenvalue weighted by Crippen LogP contribution is 2.09. The van der Waals surface area contributed by atoms with Crippen LogP contribution in [0.3, 0.4) is 0 Å². The molecular formula is C14H10N2. The molecule has 0 aliphatic heterocycles. The lowest BCUT2D eigenvalue weighted by molar-refractivity contribution is 1.27. The predicted molar refractivity (Wildman–Crippen MR) is 64.3 cm³/mol. The Morgan fingerprint density at radius 1 is 1.00 bits per heavy atom. The van der Waals surface area contributed by atoms with Gasteiger partial charge in [0.1, 0.15) is 6.07 Å². The number of benzene rings is 1. The Morgan fingerprint density at radius 2 is 1.81 bits per heavy atom. The fourth-order valence-corrected chi connectivity index (χ4v) is 1.38. The first kappa shape index (κ1) is 10.1. The van der Waals surface area contributed by atoms with Gasteiger partial charge in [-0.05, 0) is 23.8 Å². The minimum Gasteiger partial charge on any atom is -0.256 e. The molecular weight excluding hydrogens is 196 g/mol. The SMILES string of the molecule is N#Cc1cccnc1C=Cc1ccccc1. The third-order valence-corrected chi connectivity index (χ3v) is 2.19. The highest BCUT2D eigenvalue weighted by atomic mass is 14.7. The van der Waals surface area contributed by atoms with E-state index in [4.69, 9.17) is 5.26 Å². The molecule has 2 aromatic rings. The molecule has 0 radical (unpaired) electrons. The molecule has 0 saturated heterocycles. The van der Waals surface area contributed by atoms with E-state index in [1.54, 1.807) is 18.3 Å². The van der Waals surface area contributed by atoms with Crippen LogP contribution in [0.5, 0.6) is 0 Å². The Bertz CT molecular complexity index is 536. The number of rotatable bonds is 2. The maximum absolute atomic E-state index is 8.89. The second-order valence-corrected chi connectivity index (χ2v) is 3.29. The molecule has 2 nitrogen and oxygen atoms in total. The van der Waals surface area contributed by atoms with Crippen LogP contribution in [-0.2, 0) is 0 Å². The van der Waals surface area contributed by atoms with E-state index in [1.165, 1.54) is 0 Å². The van der Waals surface area contributed by atoms with Crippen LogP contribution in [0.4, 0.5) is 0 Å². The molecule has 76 valence electrons. The van der Waals surface area contributed by atoms with Gasteiger partial charge < -0.3 is 0 Å². The Kier molecular flexibility index (Phi) is 3.10. The molecule has 0 saturated carbocycles. The van der Waals surface area contributed by atoms with E-state index in [1.807, 2.05) is 42.5 Å². The van der Waals surface area contributed by atoms with Gasteiger partial charge >= 0.3 is 0 Å². The van der Waals surface area contributed by atoms with Crippen molar-refractivity contribution in [3.05, 3.63) is 65.5 Å². The zero-order chi connectivity index (χ0) is 11.2. The van der Waals surface area contributed by atoms with Crippen molar-refractivity contribution in [1.82, 2.24) is 4.98 Å². The highest BCUT2D eigenvalue weighted by Gasteiger charge is 1.96. The predicted octanol–water partition coefficient (Wildman–Crippen LogP) is 3.12. The fourth-order valence-electron chi connectivity index (χ4n) is 1.38. The molecule has 0 aliphatic carbocycles. The highest BCUT2D eigenvalue weighted by molar-refractivity contribution is 5.70. The summed E-state index contributed by atoms with van der Waals surface area (Å²) in [5.41, 5.74) is 2.39. The summed E-state index contributed by atoms with van der Waals surface area (Å²) in [6.07, 6.45) is 5.49. The molecule has 1 heterocycles. The van der Waals surface area contributed by atoms with Crippen LogP contribution < -0.4 is 0 Å². The lowest BCUT2D eigenvalue weighted by atomic mass is 10.1. The van der Waals surface area contributed by atoms with E-state index in [9.17, 15) is 0 Å². The van der Waals surface area contributed by atoms with Gasteiger partial charge in [0.05, 0.1) is 11.3 Å². The first-order valence-electron chi connectivity index (χ1n) is 4.98. The number of hydrogen-bond donors (Lipinski definition) is 0. The molecule has 0 atom stereocenters. The summed E-state index contributed by atoms with van der Waals surface area (Å²) < 4.78 is 0. The van der Waals surface area contributed by atoms with Crippen molar-refractivity contribution in [1.29, 1.82) is 5.26 Å². The largest absolute Gasteiger partial charge is 0.256 e. The minimum absolute atomic E-state index is 0.592. The first-order valence-corrected chi connectivity index (χ1v) is 4.98. The molecule has 1 aromatic carbocycles. The van der Waals surface area contributed by atoms with E-state index < -0.39 is 0 Å². The van der Waals surface area contributed by atoms with Crippen LogP contribution >= 0.6 is 0 Å². The Labute approximate surface area is 94.5 Å². The maximum Gasteiger partial charge on any atom is 0.101 e. The zero-order valence-corrected chi connectivity index (χ0v) is 8.67. The van der Waals surface area contributed by atoms with Crippen LogP contribution in [0.1, 0.15) is 16.8 Å². The lowest BCUT2D eigenvalue weighted by Crippen LogP contribution is -1.85. The monoisotopic (exact) mass is 206 g/mol.